The highest BCUT2D eigenvalue weighted by atomic mass is 16.5. The maximum absolute atomic E-state index is 12.7. The first kappa shape index (κ1) is 16.9. The number of rotatable bonds is 5. The van der Waals surface area contributed by atoms with E-state index >= 15 is 0 Å². The maximum atomic E-state index is 12.7. The highest BCUT2D eigenvalue weighted by Crippen LogP contribution is 2.24. The Morgan fingerprint density at radius 1 is 1.20 bits per heavy atom. The van der Waals surface area contributed by atoms with Crippen LogP contribution in [0.1, 0.15) is 35.8 Å². The van der Waals surface area contributed by atoms with E-state index in [1.807, 2.05) is 24.3 Å². The van der Waals surface area contributed by atoms with E-state index in [9.17, 15) is 19.2 Å². The lowest BCUT2D eigenvalue weighted by Gasteiger charge is -2.16. The van der Waals surface area contributed by atoms with Crippen LogP contribution in [0.4, 0.5) is 0 Å². The molecule has 0 saturated carbocycles. The smallest absolute Gasteiger partial charge is 0.326 e. The third kappa shape index (κ3) is 3.17. The first-order chi connectivity index (χ1) is 11.9. The number of hydrogen-bond acceptors (Lipinski definition) is 5. The first-order valence-corrected chi connectivity index (χ1v) is 8.02. The molecule has 1 atom stereocenters. The van der Waals surface area contributed by atoms with Gasteiger partial charge in [-0.3, -0.25) is 24.1 Å². The summed E-state index contributed by atoms with van der Waals surface area (Å²) in [6, 6.07) is 7.37. The Bertz CT molecular complexity index is 867. The number of nitrogens with one attached hydrogen (secondary N) is 1. The molecule has 0 radical (unpaired) electrons. The van der Waals surface area contributed by atoms with Gasteiger partial charge in [0.1, 0.15) is 6.54 Å². The number of imide groups is 1. The highest BCUT2D eigenvalue weighted by Gasteiger charge is 2.32. The van der Waals surface area contributed by atoms with Crippen LogP contribution in [0.25, 0.3) is 10.9 Å². The summed E-state index contributed by atoms with van der Waals surface area (Å²) in [6.45, 7) is 2.81. The van der Waals surface area contributed by atoms with E-state index in [2.05, 4.69) is 4.98 Å². The van der Waals surface area contributed by atoms with Gasteiger partial charge in [0.05, 0.1) is 0 Å². The summed E-state index contributed by atoms with van der Waals surface area (Å²) in [5.74, 6) is -1.90. The average Bonchev–Trinajstić information content (AvgIpc) is 3.07. The van der Waals surface area contributed by atoms with Crippen molar-refractivity contribution in [3.63, 3.8) is 0 Å². The topological polar surface area (TPSA) is 96.5 Å². The molecule has 1 aromatic carbocycles. The molecule has 1 N–H and O–H groups in total. The zero-order chi connectivity index (χ0) is 18.1. The summed E-state index contributed by atoms with van der Waals surface area (Å²) in [4.78, 5) is 51.8. The number of aromatic amines is 1. The van der Waals surface area contributed by atoms with Crippen LogP contribution in [-0.4, -0.2) is 46.1 Å². The normalized spacial score (nSPS) is 15.7. The predicted molar refractivity (Wildman–Crippen MR) is 88.9 cm³/mol. The van der Waals surface area contributed by atoms with Gasteiger partial charge in [0.15, 0.2) is 6.10 Å². The van der Waals surface area contributed by atoms with Gasteiger partial charge in [-0.15, -0.1) is 0 Å². The number of carbonyl (C=O) groups excluding carboxylic acids is 4. The Hall–Kier alpha value is -2.96. The van der Waals surface area contributed by atoms with Gasteiger partial charge in [-0.05, 0) is 19.9 Å². The second-order valence-corrected chi connectivity index (χ2v) is 6.04. The van der Waals surface area contributed by atoms with Gasteiger partial charge in [-0.25, -0.2) is 0 Å². The number of nitrogens with zero attached hydrogens (tertiary/aromatic N) is 1. The minimum atomic E-state index is -1.02. The lowest BCUT2D eigenvalue weighted by molar-refractivity contribution is -0.154. The predicted octanol–water partition coefficient (Wildman–Crippen LogP) is 1.74. The molecule has 1 aliphatic rings. The minimum absolute atomic E-state index is 0.106. The van der Waals surface area contributed by atoms with Crippen LogP contribution < -0.4 is 0 Å². The zero-order valence-corrected chi connectivity index (χ0v) is 14.0. The van der Waals surface area contributed by atoms with Crippen molar-refractivity contribution in [1.82, 2.24) is 9.88 Å². The van der Waals surface area contributed by atoms with E-state index in [0.29, 0.717) is 11.3 Å². The molecule has 2 heterocycles. The molecular weight excluding hydrogens is 324 g/mol. The van der Waals surface area contributed by atoms with Crippen molar-refractivity contribution in [3.05, 3.63) is 35.5 Å². The summed E-state index contributed by atoms with van der Waals surface area (Å²) in [5.41, 5.74) is 2.00. The number of likely N-dealkylation sites (tertiary alicyclic amines) is 1. The van der Waals surface area contributed by atoms with Gasteiger partial charge in [0.2, 0.25) is 17.6 Å². The number of carbonyl (C=O) groups is 4. The molecule has 1 aliphatic heterocycles. The molecule has 1 fully saturated rings. The molecule has 0 aliphatic carbocycles. The van der Waals surface area contributed by atoms with Gasteiger partial charge in [-0.2, -0.15) is 0 Å². The molecule has 25 heavy (non-hydrogen) atoms. The van der Waals surface area contributed by atoms with Crippen LogP contribution in [0.5, 0.6) is 0 Å². The third-order valence-corrected chi connectivity index (χ3v) is 4.26. The van der Waals surface area contributed by atoms with E-state index in [1.165, 1.54) is 6.92 Å². The Balaban J connectivity index is 1.72. The largest absolute Gasteiger partial charge is 0.453 e. The second kappa shape index (κ2) is 6.51. The van der Waals surface area contributed by atoms with Crippen molar-refractivity contribution in [2.75, 3.05) is 6.54 Å². The number of ketones is 1. The Morgan fingerprint density at radius 3 is 2.52 bits per heavy atom. The standard InChI is InChI=1S/C18H18N2O5/c1-10-17(12-5-3-4-6-13(12)19-10)18(24)11(2)25-16(23)9-20-14(21)7-8-15(20)22/h3-6,11,19H,7-9H2,1-2H3/t11-/m0/s1. The van der Waals surface area contributed by atoms with Crippen LogP contribution in [0.15, 0.2) is 24.3 Å². The molecule has 0 bridgehead atoms. The van der Waals surface area contributed by atoms with Crippen LogP contribution >= 0.6 is 0 Å². The SMILES string of the molecule is Cc1[nH]c2ccccc2c1C(=O)[C@H](C)OC(=O)CN1C(=O)CCC1=O. The average molecular weight is 342 g/mol. The Labute approximate surface area is 143 Å². The van der Waals surface area contributed by atoms with Gasteiger partial charge >= 0.3 is 5.97 Å². The lowest BCUT2D eigenvalue weighted by atomic mass is 10.0. The fourth-order valence-electron chi connectivity index (χ4n) is 3.01. The van der Waals surface area contributed by atoms with Gasteiger partial charge in [0, 0.05) is 35.0 Å². The number of esters is 1. The molecular formula is C18H18N2O5. The van der Waals surface area contributed by atoms with Crippen LogP contribution in [0.3, 0.4) is 0 Å². The number of aryl methyl sites for hydroxylation is 1. The van der Waals surface area contributed by atoms with E-state index in [-0.39, 0.29) is 18.6 Å². The van der Waals surface area contributed by atoms with E-state index < -0.39 is 30.4 Å². The Kier molecular flexibility index (Phi) is 4.39. The van der Waals surface area contributed by atoms with Crippen LogP contribution in [-0.2, 0) is 19.1 Å². The number of aromatic nitrogens is 1. The number of amides is 2. The molecule has 7 nitrogen and oxygen atoms in total. The third-order valence-electron chi connectivity index (χ3n) is 4.26. The quantitative estimate of drug-likeness (QED) is 0.507. The Morgan fingerprint density at radius 2 is 1.84 bits per heavy atom. The molecule has 0 spiro atoms. The number of Topliss-reactive ketones (excluding diaryl/α,β-unsaturated/α-hetero) is 1. The summed E-state index contributed by atoms with van der Waals surface area (Å²) in [7, 11) is 0. The minimum Gasteiger partial charge on any atom is -0.453 e. The van der Waals surface area contributed by atoms with Crippen LogP contribution in [0.2, 0.25) is 0 Å². The number of fused-ring (bicyclic) bond motifs is 1. The number of hydrogen-bond donors (Lipinski definition) is 1. The van der Waals surface area contributed by atoms with Crippen molar-refractivity contribution in [3.8, 4) is 0 Å². The van der Waals surface area contributed by atoms with E-state index in [1.54, 1.807) is 6.92 Å². The van der Waals surface area contributed by atoms with Gasteiger partial charge < -0.3 is 9.72 Å². The summed E-state index contributed by atoms with van der Waals surface area (Å²) in [5, 5.41) is 0.762. The molecule has 1 saturated heterocycles. The lowest BCUT2D eigenvalue weighted by Crippen LogP contribution is -2.37. The monoisotopic (exact) mass is 342 g/mol. The number of H-pyrrole nitrogens is 1. The number of benzene rings is 1. The molecule has 1 aromatic heterocycles. The molecule has 0 unspecified atom stereocenters. The zero-order valence-electron chi connectivity index (χ0n) is 14.0. The molecule has 2 amide bonds. The summed E-state index contributed by atoms with van der Waals surface area (Å²) >= 11 is 0. The number of ether oxygens (including phenoxy) is 1. The van der Waals surface area contributed by atoms with Crippen molar-refractivity contribution in [1.29, 1.82) is 0 Å². The van der Waals surface area contributed by atoms with Crippen molar-refractivity contribution >= 4 is 34.5 Å². The second-order valence-electron chi connectivity index (χ2n) is 6.04. The number of para-hydroxylation sites is 1. The van der Waals surface area contributed by atoms with Gasteiger partial charge in [-0.1, -0.05) is 18.2 Å². The van der Waals surface area contributed by atoms with Gasteiger partial charge in [0.25, 0.3) is 0 Å². The molecule has 2 aromatic rings. The van der Waals surface area contributed by atoms with Crippen molar-refractivity contribution in [2.24, 2.45) is 0 Å². The first-order valence-electron chi connectivity index (χ1n) is 8.02. The highest BCUT2D eigenvalue weighted by molar-refractivity contribution is 6.11. The molecule has 130 valence electrons. The van der Waals surface area contributed by atoms with Crippen molar-refractivity contribution in [2.45, 2.75) is 32.8 Å². The maximum Gasteiger partial charge on any atom is 0.326 e. The van der Waals surface area contributed by atoms with E-state index in [4.69, 9.17) is 4.74 Å². The fourth-order valence-corrected chi connectivity index (χ4v) is 3.01. The van der Waals surface area contributed by atoms with Crippen LogP contribution in [0, 0.1) is 6.92 Å². The summed E-state index contributed by atoms with van der Waals surface area (Å²) < 4.78 is 5.15. The molecule has 3 rings (SSSR count). The summed E-state index contributed by atoms with van der Waals surface area (Å²) in [6.07, 6.45) is -0.803. The van der Waals surface area contributed by atoms with Crippen molar-refractivity contribution < 1.29 is 23.9 Å². The van der Waals surface area contributed by atoms with E-state index in [0.717, 1.165) is 15.8 Å². The molecule has 7 heteroatoms. The fraction of sp³-hybridized carbons (Fsp3) is 0.333.